The summed E-state index contributed by atoms with van der Waals surface area (Å²) in [6, 6.07) is 73.9. The van der Waals surface area contributed by atoms with Gasteiger partial charge >= 0.3 is 0 Å². The first kappa shape index (κ1) is 48.6. The normalized spacial score (nSPS) is 11.7. The molecule has 0 aliphatic rings. The van der Waals surface area contributed by atoms with Gasteiger partial charge < -0.3 is 0 Å². The van der Waals surface area contributed by atoms with Crippen LogP contribution in [0, 0.1) is 6.92 Å². The van der Waals surface area contributed by atoms with Crippen molar-refractivity contribution in [2.45, 2.75) is 85.0 Å². The average molecular weight is 948 g/mol. The van der Waals surface area contributed by atoms with Crippen molar-refractivity contribution in [3.8, 4) is 78.3 Å². The van der Waals surface area contributed by atoms with Crippen LogP contribution in [-0.4, -0.2) is 15.0 Å². The Labute approximate surface area is 433 Å². The van der Waals surface area contributed by atoms with Crippen molar-refractivity contribution < 1.29 is 0 Å². The first-order valence-electron chi connectivity index (χ1n) is 25.9. The first-order chi connectivity index (χ1) is 35.3. The molecule has 0 radical (unpaired) electrons. The number of aromatic nitrogens is 3. The predicted molar refractivity (Wildman–Crippen MR) is 308 cm³/mol. The molecule has 0 aliphatic heterocycles. The SMILES string of the molecule is Cc1ccc(-c2ccc(-c3ccccc3-c3cc(CCc4ccc(-c5cc(C(C)(C)C)ccn5)cc4)cc(CCc4ccc(-c5cc(C(C)(C)C)ccn5)cc4)c3)c(-c3ccc(-c4ccccc4)cc3)c2)nc1. The van der Waals surface area contributed by atoms with Gasteiger partial charge in [0.15, 0.2) is 0 Å². The quantitative estimate of drug-likeness (QED) is 0.116. The number of aryl methyl sites for hydroxylation is 5. The largest absolute Gasteiger partial charge is 0.256 e. The highest BCUT2D eigenvalue weighted by Crippen LogP contribution is 2.41. The molecule has 0 fully saturated rings. The van der Waals surface area contributed by atoms with E-state index in [9.17, 15) is 0 Å². The summed E-state index contributed by atoms with van der Waals surface area (Å²) in [7, 11) is 0. The van der Waals surface area contributed by atoms with Crippen LogP contribution in [0.2, 0.25) is 0 Å². The zero-order valence-electron chi connectivity index (χ0n) is 43.5. The van der Waals surface area contributed by atoms with Gasteiger partial charge in [-0.15, -0.1) is 0 Å². The minimum atomic E-state index is 0.0639. The highest BCUT2D eigenvalue weighted by Gasteiger charge is 2.19. The van der Waals surface area contributed by atoms with E-state index >= 15 is 0 Å². The number of rotatable bonds is 13. The van der Waals surface area contributed by atoms with Crippen LogP contribution in [0.5, 0.6) is 0 Å². The highest BCUT2D eigenvalue weighted by molar-refractivity contribution is 5.94. The van der Waals surface area contributed by atoms with E-state index in [-0.39, 0.29) is 10.8 Å². The molecule has 7 aromatic carbocycles. The zero-order chi connectivity index (χ0) is 50.5. The molecule has 0 saturated heterocycles. The summed E-state index contributed by atoms with van der Waals surface area (Å²) >= 11 is 0. The Kier molecular flexibility index (Phi) is 14.0. The molecule has 73 heavy (non-hydrogen) atoms. The van der Waals surface area contributed by atoms with Crippen molar-refractivity contribution in [3.63, 3.8) is 0 Å². The molecule has 0 saturated carbocycles. The van der Waals surface area contributed by atoms with E-state index < -0.39 is 0 Å². The van der Waals surface area contributed by atoms with E-state index in [2.05, 4.69) is 249 Å². The van der Waals surface area contributed by atoms with Crippen molar-refractivity contribution in [2.75, 3.05) is 0 Å². The van der Waals surface area contributed by atoms with Crippen LogP contribution in [-0.2, 0) is 36.5 Å². The lowest BCUT2D eigenvalue weighted by Crippen LogP contribution is -2.11. The highest BCUT2D eigenvalue weighted by atomic mass is 14.7. The maximum Gasteiger partial charge on any atom is 0.0704 e. The van der Waals surface area contributed by atoms with Gasteiger partial charge in [-0.1, -0.05) is 205 Å². The summed E-state index contributed by atoms with van der Waals surface area (Å²) < 4.78 is 0. The third-order valence-corrected chi connectivity index (χ3v) is 14.3. The molecule has 3 heterocycles. The predicted octanol–water partition coefficient (Wildman–Crippen LogP) is 18.0. The second-order valence-corrected chi connectivity index (χ2v) is 21.8. The van der Waals surface area contributed by atoms with E-state index in [0.29, 0.717) is 0 Å². The summed E-state index contributed by atoms with van der Waals surface area (Å²) in [5.74, 6) is 0. The molecule has 3 heteroatoms. The van der Waals surface area contributed by atoms with E-state index in [4.69, 9.17) is 15.0 Å². The molecule has 360 valence electrons. The molecule has 10 rings (SSSR count). The Morgan fingerprint density at radius 3 is 1.30 bits per heavy atom. The van der Waals surface area contributed by atoms with E-state index in [0.717, 1.165) is 65.0 Å². The number of hydrogen-bond donors (Lipinski definition) is 0. The molecule has 0 aliphatic carbocycles. The zero-order valence-corrected chi connectivity index (χ0v) is 43.5. The average Bonchev–Trinajstić information content (AvgIpc) is 3.42. The lowest BCUT2D eigenvalue weighted by atomic mass is 9.86. The molecule has 0 atom stereocenters. The summed E-state index contributed by atoms with van der Waals surface area (Å²) in [6.07, 6.45) is 9.55. The topological polar surface area (TPSA) is 38.7 Å². The molecule has 3 nitrogen and oxygen atoms in total. The fourth-order valence-electron chi connectivity index (χ4n) is 9.84. The molecular formula is C70H65N3. The Hall–Kier alpha value is -8.01. The molecule has 0 amide bonds. The van der Waals surface area contributed by atoms with Crippen LogP contribution in [0.15, 0.2) is 219 Å². The summed E-state index contributed by atoms with van der Waals surface area (Å²) in [5, 5.41) is 0. The van der Waals surface area contributed by atoms with Gasteiger partial charge in [-0.2, -0.15) is 0 Å². The lowest BCUT2D eigenvalue weighted by molar-refractivity contribution is 0.589. The molecular weight excluding hydrogens is 883 g/mol. The maximum absolute atomic E-state index is 4.86. The third-order valence-electron chi connectivity index (χ3n) is 14.3. The van der Waals surface area contributed by atoms with E-state index in [1.807, 2.05) is 18.6 Å². The monoisotopic (exact) mass is 948 g/mol. The summed E-state index contributed by atoms with van der Waals surface area (Å²) in [6.45, 7) is 15.6. The van der Waals surface area contributed by atoms with Crippen LogP contribution >= 0.6 is 0 Å². The smallest absolute Gasteiger partial charge is 0.0704 e. The Morgan fingerprint density at radius 1 is 0.301 bits per heavy atom. The van der Waals surface area contributed by atoms with Gasteiger partial charge in [0.05, 0.1) is 17.1 Å². The lowest BCUT2D eigenvalue weighted by Gasteiger charge is -2.19. The Morgan fingerprint density at radius 2 is 0.767 bits per heavy atom. The van der Waals surface area contributed by atoms with Crippen LogP contribution in [0.1, 0.15) is 80.5 Å². The number of hydrogen-bond acceptors (Lipinski definition) is 3. The second kappa shape index (κ2) is 21.0. The van der Waals surface area contributed by atoms with Gasteiger partial charge in [0.1, 0.15) is 0 Å². The fraction of sp³-hybridized carbons (Fsp3) is 0.186. The van der Waals surface area contributed by atoms with Gasteiger partial charge in [-0.3, -0.25) is 15.0 Å². The third kappa shape index (κ3) is 11.5. The van der Waals surface area contributed by atoms with Crippen molar-refractivity contribution in [3.05, 3.63) is 258 Å². The second-order valence-electron chi connectivity index (χ2n) is 21.8. The van der Waals surface area contributed by atoms with E-state index in [1.165, 1.54) is 77.9 Å². The minimum absolute atomic E-state index is 0.0639. The van der Waals surface area contributed by atoms with Crippen molar-refractivity contribution in [1.29, 1.82) is 0 Å². The summed E-state index contributed by atoms with van der Waals surface area (Å²) in [4.78, 5) is 14.3. The molecule has 0 unspecified atom stereocenters. The van der Waals surface area contributed by atoms with Gasteiger partial charge in [-0.25, -0.2) is 0 Å². The fourth-order valence-corrected chi connectivity index (χ4v) is 9.84. The van der Waals surface area contributed by atoms with Gasteiger partial charge in [-0.05, 0) is 163 Å². The van der Waals surface area contributed by atoms with Gasteiger partial charge in [0, 0.05) is 35.3 Å². The number of nitrogens with zero attached hydrogens (tertiary/aromatic N) is 3. The van der Waals surface area contributed by atoms with Crippen LogP contribution in [0.25, 0.3) is 78.3 Å². The van der Waals surface area contributed by atoms with Crippen molar-refractivity contribution in [1.82, 2.24) is 15.0 Å². The molecule has 10 aromatic rings. The van der Waals surface area contributed by atoms with Crippen molar-refractivity contribution in [2.24, 2.45) is 0 Å². The van der Waals surface area contributed by atoms with Crippen LogP contribution in [0.3, 0.4) is 0 Å². The van der Waals surface area contributed by atoms with Gasteiger partial charge in [0.2, 0.25) is 0 Å². The Balaban J connectivity index is 0.998. The maximum atomic E-state index is 4.86. The first-order valence-corrected chi connectivity index (χ1v) is 25.9. The number of benzene rings is 7. The molecule has 0 bridgehead atoms. The van der Waals surface area contributed by atoms with Crippen LogP contribution < -0.4 is 0 Å². The molecule has 0 spiro atoms. The van der Waals surface area contributed by atoms with E-state index in [1.54, 1.807) is 0 Å². The van der Waals surface area contributed by atoms with Crippen molar-refractivity contribution >= 4 is 0 Å². The molecule has 0 N–H and O–H groups in total. The minimum Gasteiger partial charge on any atom is -0.256 e. The number of pyridine rings is 3. The molecule has 3 aromatic heterocycles. The Bertz CT molecular complexity index is 3360. The van der Waals surface area contributed by atoms with Gasteiger partial charge in [0.25, 0.3) is 0 Å². The van der Waals surface area contributed by atoms with Crippen LogP contribution in [0.4, 0.5) is 0 Å². The standard InChI is InChI=1S/C70H65N3/c1-48-17-36-66(73-47-48)58-34-35-64(65(44-58)55-32-30-54(31-33-55)53-13-9-8-10-14-53)63-16-12-11-15-62(63)59-42-51(20-18-49-22-26-56(27-23-49)67-45-60(37-39-71-67)69(2,3)4)41-52(43-59)21-19-50-24-28-57(29-25-50)68-46-61(38-40-72-68)70(5,6)7/h8-17,22-47H,18-21H2,1-7H3. The summed E-state index contributed by atoms with van der Waals surface area (Å²) in [5.41, 5.74) is 25.2.